The van der Waals surface area contributed by atoms with Crippen LogP contribution in [0.25, 0.3) is 0 Å². The third-order valence-electron chi connectivity index (χ3n) is 2.83. The number of rotatable bonds is 1. The van der Waals surface area contributed by atoms with Crippen molar-refractivity contribution in [1.82, 2.24) is 9.80 Å². The van der Waals surface area contributed by atoms with Crippen molar-refractivity contribution in [1.29, 1.82) is 0 Å². The van der Waals surface area contributed by atoms with Gasteiger partial charge in [-0.25, -0.2) is 0 Å². The van der Waals surface area contributed by atoms with Gasteiger partial charge in [-0.15, -0.1) is 0 Å². The molecule has 1 heterocycles. The summed E-state index contributed by atoms with van der Waals surface area (Å²) in [6, 6.07) is 0. The number of allylic oxidation sites excluding steroid dienone is 1. The maximum Gasteiger partial charge on any atom is 0.471 e. The first-order valence-electron chi connectivity index (χ1n) is 5.46. The van der Waals surface area contributed by atoms with Crippen LogP contribution in [0.15, 0.2) is 11.8 Å². The molecule has 1 unspecified atom stereocenters. The molecule has 1 rings (SSSR count). The molecule has 0 aliphatic carbocycles. The number of alkyl halides is 3. The molecule has 0 aromatic carbocycles. The molecule has 0 saturated carbocycles. The summed E-state index contributed by atoms with van der Waals surface area (Å²) in [5.41, 5.74) is 0.135. The van der Waals surface area contributed by atoms with E-state index in [-0.39, 0.29) is 24.6 Å². The molecule has 0 spiro atoms. The first-order valence-corrected chi connectivity index (χ1v) is 5.46. The third kappa shape index (κ3) is 2.65. The Hall–Kier alpha value is -1.53. The van der Waals surface area contributed by atoms with Crippen molar-refractivity contribution >= 4 is 11.8 Å². The fraction of sp³-hybridized carbons (Fsp3) is 0.636. The van der Waals surface area contributed by atoms with E-state index in [9.17, 15) is 22.8 Å². The van der Waals surface area contributed by atoms with Gasteiger partial charge in [0.1, 0.15) is 0 Å². The second-order valence-corrected chi connectivity index (χ2v) is 4.24. The quantitative estimate of drug-likeness (QED) is 0.718. The third-order valence-corrected chi connectivity index (χ3v) is 2.83. The molecule has 1 aliphatic heterocycles. The number of likely N-dealkylation sites (tertiary alicyclic amines) is 1. The van der Waals surface area contributed by atoms with Gasteiger partial charge in [-0.3, -0.25) is 9.59 Å². The monoisotopic (exact) mass is 264 g/mol. The largest absolute Gasteiger partial charge is 0.471 e. The number of halogens is 3. The van der Waals surface area contributed by atoms with Gasteiger partial charge in [0.2, 0.25) is 5.91 Å². The molecule has 1 atom stereocenters. The standard InChI is InChI=1S/C11H15F3N2O2/c1-4-8-7(9(17)15(2)3)5-6-16(8)10(18)11(12,13)14/h4,7H,5-6H2,1-3H3. The molecule has 0 aromatic heterocycles. The topological polar surface area (TPSA) is 40.6 Å². The number of carbonyl (C=O) groups excluding carboxylic acids is 2. The highest BCUT2D eigenvalue weighted by molar-refractivity contribution is 5.88. The molecule has 0 bridgehead atoms. The van der Waals surface area contributed by atoms with E-state index >= 15 is 0 Å². The van der Waals surface area contributed by atoms with Crippen LogP contribution in [0.2, 0.25) is 0 Å². The van der Waals surface area contributed by atoms with Crippen LogP contribution in [0.4, 0.5) is 13.2 Å². The molecule has 102 valence electrons. The van der Waals surface area contributed by atoms with Gasteiger partial charge in [-0.1, -0.05) is 6.08 Å². The number of hydrogen-bond acceptors (Lipinski definition) is 2. The molecular weight excluding hydrogens is 249 g/mol. The molecule has 4 nitrogen and oxygen atoms in total. The van der Waals surface area contributed by atoms with Gasteiger partial charge in [-0.05, 0) is 13.3 Å². The van der Waals surface area contributed by atoms with Gasteiger partial charge < -0.3 is 9.80 Å². The van der Waals surface area contributed by atoms with E-state index in [0.717, 1.165) is 0 Å². The number of hydrogen-bond donors (Lipinski definition) is 0. The van der Waals surface area contributed by atoms with Crippen LogP contribution in [0.5, 0.6) is 0 Å². The summed E-state index contributed by atoms with van der Waals surface area (Å²) in [7, 11) is 3.06. The van der Waals surface area contributed by atoms with Crippen molar-refractivity contribution in [3.05, 3.63) is 11.8 Å². The predicted octanol–water partition coefficient (Wildman–Crippen LogP) is 1.39. The normalized spacial score (nSPS) is 22.4. The van der Waals surface area contributed by atoms with Crippen LogP contribution in [-0.4, -0.2) is 48.4 Å². The van der Waals surface area contributed by atoms with E-state index in [1.54, 1.807) is 0 Å². The molecular formula is C11H15F3N2O2. The summed E-state index contributed by atoms with van der Waals surface area (Å²) >= 11 is 0. The van der Waals surface area contributed by atoms with Crippen molar-refractivity contribution in [3.63, 3.8) is 0 Å². The van der Waals surface area contributed by atoms with Gasteiger partial charge in [0.25, 0.3) is 0 Å². The molecule has 7 heteroatoms. The van der Waals surface area contributed by atoms with Crippen molar-refractivity contribution in [2.45, 2.75) is 19.5 Å². The first kappa shape index (κ1) is 14.5. The van der Waals surface area contributed by atoms with Crippen molar-refractivity contribution in [2.75, 3.05) is 20.6 Å². The maximum absolute atomic E-state index is 12.4. The Bertz CT molecular complexity index is 388. The number of nitrogens with zero attached hydrogens (tertiary/aromatic N) is 2. The summed E-state index contributed by atoms with van der Waals surface area (Å²) in [6.07, 6.45) is -3.30. The lowest BCUT2D eigenvalue weighted by molar-refractivity contribution is -0.182. The van der Waals surface area contributed by atoms with Crippen LogP contribution in [0.3, 0.4) is 0 Å². The minimum Gasteiger partial charge on any atom is -0.348 e. The van der Waals surface area contributed by atoms with Gasteiger partial charge in [0.05, 0.1) is 5.92 Å². The zero-order chi connectivity index (χ0) is 14.1. The van der Waals surface area contributed by atoms with Crippen molar-refractivity contribution in [2.24, 2.45) is 5.92 Å². The number of carbonyl (C=O) groups is 2. The van der Waals surface area contributed by atoms with Crippen molar-refractivity contribution in [3.8, 4) is 0 Å². The van der Waals surface area contributed by atoms with E-state index in [0.29, 0.717) is 4.90 Å². The maximum atomic E-state index is 12.4. The molecule has 1 saturated heterocycles. The predicted molar refractivity (Wildman–Crippen MR) is 58.3 cm³/mol. The minimum atomic E-state index is -4.91. The molecule has 1 fully saturated rings. The van der Waals surface area contributed by atoms with Crippen LogP contribution < -0.4 is 0 Å². The van der Waals surface area contributed by atoms with Crippen LogP contribution in [0.1, 0.15) is 13.3 Å². The lowest BCUT2D eigenvalue weighted by Crippen LogP contribution is -2.39. The number of amides is 2. The molecule has 0 N–H and O–H groups in total. The Balaban J connectivity index is 2.96. The Morgan fingerprint density at radius 2 is 1.94 bits per heavy atom. The summed E-state index contributed by atoms with van der Waals surface area (Å²) in [6.45, 7) is 1.44. The summed E-state index contributed by atoms with van der Waals surface area (Å²) in [5.74, 6) is -2.87. The smallest absolute Gasteiger partial charge is 0.348 e. The zero-order valence-electron chi connectivity index (χ0n) is 10.4. The average molecular weight is 264 g/mol. The van der Waals surface area contributed by atoms with Gasteiger partial charge in [0, 0.05) is 26.3 Å². The molecule has 1 aliphatic rings. The van der Waals surface area contributed by atoms with Gasteiger partial charge in [-0.2, -0.15) is 13.2 Å². The SMILES string of the molecule is CC=C1C(C(=O)N(C)C)CCN1C(=O)C(F)(F)F. The Labute approximate surface area is 103 Å². The van der Waals surface area contributed by atoms with Crippen LogP contribution in [0, 0.1) is 5.92 Å². The van der Waals surface area contributed by atoms with E-state index in [2.05, 4.69) is 0 Å². The summed E-state index contributed by atoms with van der Waals surface area (Å²) < 4.78 is 37.2. The second kappa shape index (κ2) is 4.99. The van der Waals surface area contributed by atoms with Gasteiger partial charge in [0.15, 0.2) is 0 Å². The molecule has 0 aromatic rings. The van der Waals surface area contributed by atoms with E-state index < -0.39 is 18.0 Å². The highest BCUT2D eigenvalue weighted by Crippen LogP contribution is 2.33. The Morgan fingerprint density at radius 3 is 2.33 bits per heavy atom. The fourth-order valence-electron chi connectivity index (χ4n) is 2.01. The molecule has 0 radical (unpaired) electrons. The zero-order valence-corrected chi connectivity index (χ0v) is 10.4. The second-order valence-electron chi connectivity index (χ2n) is 4.24. The molecule has 18 heavy (non-hydrogen) atoms. The highest BCUT2D eigenvalue weighted by atomic mass is 19.4. The fourth-order valence-corrected chi connectivity index (χ4v) is 2.01. The lowest BCUT2D eigenvalue weighted by atomic mass is 10.0. The lowest BCUT2D eigenvalue weighted by Gasteiger charge is -2.22. The summed E-state index contributed by atoms with van der Waals surface area (Å²) in [4.78, 5) is 25.0. The minimum absolute atomic E-state index is 0.0811. The van der Waals surface area contributed by atoms with Crippen molar-refractivity contribution < 1.29 is 22.8 Å². The molecule has 2 amide bonds. The van der Waals surface area contributed by atoms with Gasteiger partial charge >= 0.3 is 12.1 Å². The van der Waals surface area contributed by atoms with E-state index in [4.69, 9.17) is 0 Å². The van der Waals surface area contributed by atoms with E-state index in [1.807, 2.05) is 0 Å². The average Bonchev–Trinajstić information content (AvgIpc) is 2.68. The highest BCUT2D eigenvalue weighted by Gasteiger charge is 2.47. The van der Waals surface area contributed by atoms with Crippen LogP contribution in [-0.2, 0) is 9.59 Å². The Morgan fingerprint density at radius 1 is 1.39 bits per heavy atom. The first-order chi connectivity index (χ1) is 8.20. The van der Waals surface area contributed by atoms with Crippen LogP contribution >= 0.6 is 0 Å². The Kier molecular flexibility index (Phi) is 4.03. The summed E-state index contributed by atoms with van der Waals surface area (Å²) in [5, 5.41) is 0. The van der Waals surface area contributed by atoms with E-state index in [1.165, 1.54) is 32.0 Å².